The summed E-state index contributed by atoms with van der Waals surface area (Å²) in [5, 5.41) is 9.29. The standard InChI is InChI=1S/C25H32FN3O2/c1-24-13-11-19-17(7-9-20-25(19,2)14-12-22(30)28-20)18(24)8-10-21(24)29-23(31)27-16-5-3-15(26)4-6-16/h3-6,12,14,17-21H,7-11,13H2,1-2H3,(H,28,30)(H2,27,29,31)/t17-,18-,19-,20+,21?,24-,25+/m0/s1. The molecule has 31 heavy (non-hydrogen) atoms. The predicted molar refractivity (Wildman–Crippen MR) is 118 cm³/mol. The Balaban J connectivity index is 1.30. The van der Waals surface area contributed by atoms with E-state index in [1.165, 1.54) is 12.1 Å². The van der Waals surface area contributed by atoms with Gasteiger partial charge in [-0.05, 0) is 92.0 Å². The average Bonchev–Trinajstić information content (AvgIpc) is 3.06. The van der Waals surface area contributed by atoms with E-state index in [-0.39, 0.29) is 40.7 Å². The minimum Gasteiger partial charge on any atom is -0.349 e. The lowest BCUT2D eigenvalue weighted by molar-refractivity contribution is -0.122. The Morgan fingerprint density at radius 2 is 1.84 bits per heavy atom. The van der Waals surface area contributed by atoms with Gasteiger partial charge in [-0.25, -0.2) is 9.18 Å². The van der Waals surface area contributed by atoms with Crippen molar-refractivity contribution in [1.82, 2.24) is 10.6 Å². The molecular weight excluding hydrogens is 393 g/mol. The van der Waals surface area contributed by atoms with Crippen molar-refractivity contribution in [1.29, 1.82) is 0 Å². The molecular formula is C25H32FN3O2. The Hall–Kier alpha value is -2.37. The van der Waals surface area contributed by atoms with Crippen LogP contribution in [-0.2, 0) is 4.79 Å². The van der Waals surface area contributed by atoms with E-state index in [4.69, 9.17) is 0 Å². The summed E-state index contributed by atoms with van der Waals surface area (Å²) in [4.78, 5) is 24.5. The fourth-order valence-corrected chi connectivity index (χ4v) is 7.43. The summed E-state index contributed by atoms with van der Waals surface area (Å²) in [6, 6.07) is 6.03. The van der Waals surface area contributed by atoms with Crippen molar-refractivity contribution in [2.75, 3.05) is 5.32 Å². The third kappa shape index (κ3) is 3.35. The number of benzene rings is 1. The van der Waals surface area contributed by atoms with Crippen LogP contribution >= 0.6 is 0 Å². The largest absolute Gasteiger partial charge is 0.349 e. The van der Waals surface area contributed by atoms with Gasteiger partial charge in [0.2, 0.25) is 5.91 Å². The topological polar surface area (TPSA) is 70.2 Å². The van der Waals surface area contributed by atoms with E-state index in [9.17, 15) is 14.0 Å². The van der Waals surface area contributed by atoms with E-state index < -0.39 is 0 Å². The van der Waals surface area contributed by atoms with E-state index in [0.717, 1.165) is 38.5 Å². The van der Waals surface area contributed by atoms with Crippen LogP contribution in [0, 0.1) is 34.4 Å². The van der Waals surface area contributed by atoms with Gasteiger partial charge in [-0.15, -0.1) is 0 Å². The number of nitrogens with one attached hydrogen (secondary N) is 3. The number of carbonyl (C=O) groups is 2. The van der Waals surface area contributed by atoms with Crippen LogP contribution in [0.2, 0.25) is 0 Å². The summed E-state index contributed by atoms with van der Waals surface area (Å²) in [7, 11) is 0. The molecule has 3 N–H and O–H groups in total. The molecule has 4 aliphatic rings. The Morgan fingerprint density at radius 1 is 1.06 bits per heavy atom. The molecule has 1 aromatic rings. The minimum atomic E-state index is -0.315. The van der Waals surface area contributed by atoms with Crippen molar-refractivity contribution < 1.29 is 14.0 Å². The first-order valence-corrected chi connectivity index (χ1v) is 11.6. The molecule has 0 spiro atoms. The smallest absolute Gasteiger partial charge is 0.319 e. The molecule has 0 bridgehead atoms. The molecule has 6 heteroatoms. The number of rotatable bonds is 2. The molecule has 0 aromatic heterocycles. The third-order valence-electron chi connectivity index (χ3n) is 9.09. The second-order valence-corrected chi connectivity index (χ2v) is 10.5. The van der Waals surface area contributed by atoms with Crippen molar-refractivity contribution in [3.05, 3.63) is 42.2 Å². The van der Waals surface area contributed by atoms with Gasteiger partial charge in [0.15, 0.2) is 0 Å². The van der Waals surface area contributed by atoms with Crippen molar-refractivity contribution in [2.24, 2.45) is 28.6 Å². The van der Waals surface area contributed by atoms with Gasteiger partial charge in [0.05, 0.1) is 0 Å². The Bertz CT molecular complexity index is 916. The summed E-state index contributed by atoms with van der Waals surface area (Å²) in [5.41, 5.74) is 0.718. The molecule has 1 unspecified atom stereocenters. The van der Waals surface area contributed by atoms with Gasteiger partial charge in [0, 0.05) is 23.2 Å². The molecule has 5 nitrogen and oxygen atoms in total. The van der Waals surface area contributed by atoms with Gasteiger partial charge in [0.25, 0.3) is 0 Å². The Kier molecular flexibility index (Phi) is 4.87. The molecule has 0 saturated heterocycles. The molecule has 3 fully saturated rings. The number of halogens is 1. The maximum atomic E-state index is 13.1. The van der Waals surface area contributed by atoms with Crippen LogP contribution in [0.4, 0.5) is 14.9 Å². The second-order valence-electron chi connectivity index (χ2n) is 10.5. The first-order chi connectivity index (χ1) is 14.8. The number of amides is 3. The van der Waals surface area contributed by atoms with Crippen LogP contribution in [0.15, 0.2) is 36.4 Å². The summed E-state index contributed by atoms with van der Waals surface area (Å²) in [6.45, 7) is 4.69. The lowest BCUT2D eigenvalue weighted by atomic mass is 9.48. The molecule has 5 rings (SSSR count). The highest BCUT2D eigenvalue weighted by molar-refractivity contribution is 5.89. The lowest BCUT2D eigenvalue weighted by Crippen LogP contribution is -2.60. The highest BCUT2D eigenvalue weighted by Crippen LogP contribution is 2.63. The van der Waals surface area contributed by atoms with Gasteiger partial charge in [-0.2, -0.15) is 0 Å². The summed E-state index contributed by atoms with van der Waals surface area (Å²) in [6.07, 6.45) is 10.4. The second kappa shape index (κ2) is 7.35. The molecule has 7 atom stereocenters. The molecule has 3 aliphatic carbocycles. The van der Waals surface area contributed by atoms with Crippen molar-refractivity contribution in [3.8, 4) is 0 Å². The molecule has 3 saturated carbocycles. The van der Waals surface area contributed by atoms with Gasteiger partial charge in [0.1, 0.15) is 5.82 Å². The predicted octanol–water partition coefficient (Wildman–Crippen LogP) is 4.61. The number of urea groups is 1. The van der Waals surface area contributed by atoms with E-state index in [1.54, 1.807) is 18.2 Å². The van der Waals surface area contributed by atoms with E-state index >= 15 is 0 Å². The number of hydrogen-bond donors (Lipinski definition) is 3. The summed E-state index contributed by atoms with van der Waals surface area (Å²) < 4.78 is 13.1. The number of carbonyl (C=O) groups excluding carboxylic acids is 2. The Morgan fingerprint density at radius 3 is 2.61 bits per heavy atom. The van der Waals surface area contributed by atoms with E-state index in [2.05, 4.69) is 35.9 Å². The van der Waals surface area contributed by atoms with Crippen molar-refractivity contribution in [2.45, 2.75) is 64.5 Å². The van der Waals surface area contributed by atoms with E-state index in [0.29, 0.717) is 23.4 Å². The monoisotopic (exact) mass is 425 g/mol. The van der Waals surface area contributed by atoms with E-state index in [1.807, 2.05) is 0 Å². The van der Waals surface area contributed by atoms with Gasteiger partial charge in [-0.1, -0.05) is 19.9 Å². The zero-order valence-corrected chi connectivity index (χ0v) is 18.3. The molecule has 0 radical (unpaired) electrons. The highest BCUT2D eigenvalue weighted by atomic mass is 19.1. The fraction of sp³-hybridized carbons (Fsp3) is 0.600. The van der Waals surface area contributed by atoms with Crippen LogP contribution in [0.25, 0.3) is 0 Å². The van der Waals surface area contributed by atoms with Crippen molar-refractivity contribution in [3.63, 3.8) is 0 Å². The maximum Gasteiger partial charge on any atom is 0.319 e. The zero-order valence-electron chi connectivity index (χ0n) is 18.3. The minimum absolute atomic E-state index is 0.0314. The molecule has 1 aliphatic heterocycles. The normalized spacial score (nSPS) is 40.9. The first kappa shape index (κ1) is 20.5. The number of anilines is 1. The van der Waals surface area contributed by atoms with Gasteiger partial charge < -0.3 is 16.0 Å². The Labute approximate surface area is 183 Å². The molecule has 166 valence electrons. The molecule has 1 heterocycles. The number of fused-ring (bicyclic) bond motifs is 5. The summed E-state index contributed by atoms with van der Waals surface area (Å²) in [5.74, 6) is 1.52. The average molecular weight is 426 g/mol. The van der Waals surface area contributed by atoms with Crippen LogP contribution in [0.1, 0.15) is 52.4 Å². The van der Waals surface area contributed by atoms with Gasteiger partial charge >= 0.3 is 6.03 Å². The quantitative estimate of drug-likeness (QED) is 0.647. The van der Waals surface area contributed by atoms with Crippen LogP contribution in [0.5, 0.6) is 0 Å². The first-order valence-electron chi connectivity index (χ1n) is 11.6. The molecule has 3 amide bonds. The SMILES string of the molecule is C[C@]12C=CC(=O)N[C@@H]1CC[C@@H]1[C@@H]2CC[C@]2(C)C(NC(=O)Nc3ccc(F)cc3)CC[C@@H]12. The van der Waals surface area contributed by atoms with Gasteiger partial charge in [-0.3, -0.25) is 4.79 Å². The van der Waals surface area contributed by atoms with Crippen LogP contribution < -0.4 is 16.0 Å². The number of hydrogen-bond acceptors (Lipinski definition) is 2. The van der Waals surface area contributed by atoms with Crippen LogP contribution in [0.3, 0.4) is 0 Å². The highest BCUT2D eigenvalue weighted by Gasteiger charge is 2.59. The molecule has 1 aromatic carbocycles. The fourth-order valence-electron chi connectivity index (χ4n) is 7.43. The summed E-state index contributed by atoms with van der Waals surface area (Å²) >= 11 is 0. The van der Waals surface area contributed by atoms with Crippen molar-refractivity contribution >= 4 is 17.6 Å². The third-order valence-corrected chi connectivity index (χ3v) is 9.09. The lowest BCUT2D eigenvalue weighted by Gasteiger charge is -2.58. The van der Waals surface area contributed by atoms with Crippen LogP contribution in [-0.4, -0.2) is 24.0 Å². The zero-order chi connectivity index (χ0) is 21.8. The maximum absolute atomic E-state index is 13.1.